The van der Waals surface area contributed by atoms with Gasteiger partial charge < -0.3 is 5.32 Å². The summed E-state index contributed by atoms with van der Waals surface area (Å²) in [6.07, 6.45) is 2.44. The highest BCUT2D eigenvalue weighted by molar-refractivity contribution is 7.89. The number of hydrogen-bond acceptors (Lipinski definition) is 4. The van der Waals surface area contributed by atoms with Crippen LogP contribution in [0.3, 0.4) is 0 Å². The van der Waals surface area contributed by atoms with E-state index in [0.717, 1.165) is 13.1 Å². The molecule has 1 heterocycles. The van der Waals surface area contributed by atoms with Crippen LogP contribution in [-0.4, -0.2) is 61.8 Å². The average Bonchev–Trinajstić information content (AvgIpc) is 2.67. The van der Waals surface area contributed by atoms with Crippen molar-refractivity contribution in [1.29, 1.82) is 0 Å². The molecule has 1 aliphatic heterocycles. The van der Waals surface area contributed by atoms with E-state index < -0.39 is 10.0 Å². The summed E-state index contributed by atoms with van der Waals surface area (Å²) < 4.78 is 26.8. The molecule has 2 rings (SSSR count). The molecule has 158 valence electrons. The topological polar surface area (TPSA) is 69.7 Å². The van der Waals surface area contributed by atoms with E-state index in [1.807, 2.05) is 0 Å². The number of carbonyl (C=O) groups excluding carboxylic acids is 1. The van der Waals surface area contributed by atoms with Gasteiger partial charge in [0.2, 0.25) is 10.0 Å². The second kappa shape index (κ2) is 9.37. The number of carbonyl (C=O) groups is 1. The molecule has 1 aliphatic rings. The number of nitrogens with one attached hydrogen (secondary N) is 1. The Morgan fingerprint density at radius 3 is 2.57 bits per heavy atom. The third-order valence-electron chi connectivity index (χ3n) is 5.63. The lowest BCUT2D eigenvalue weighted by atomic mass is 9.93. The molecule has 0 aliphatic carbocycles. The normalized spacial score (nSPS) is 19.0. The standard InChI is InChI=1S/C21H35N3O3S/c1-6-24(7-2)28(26,27)19-12-8-11-18(14-19)20(25)22-16-21(4,5)23-13-9-10-17(3)15-23/h8,11-12,14,17H,6-7,9-10,13,15-16H2,1-5H3,(H,22,25). The first-order valence-electron chi connectivity index (χ1n) is 10.2. The number of rotatable bonds is 8. The molecule has 1 fully saturated rings. The summed E-state index contributed by atoms with van der Waals surface area (Å²) >= 11 is 0. The van der Waals surface area contributed by atoms with Crippen LogP contribution in [0.25, 0.3) is 0 Å². The van der Waals surface area contributed by atoms with Crippen LogP contribution in [0.4, 0.5) is 0 Å². The van der Waals surface area contributed by atoms with Crippen LogP contribution in [-0.2, 0) is 10.0 Å². The SMILES string of the molecule is CCN(CC)S(=O)(=O)c1cccc(C(=O)NCC(C)(C)N2CCCC(C)C2)c1. The van der Waals surface area contributed by atoms with Crippen molar-refractivity contribution in [3.8, 4) is 0 Å². The van der Waals surface area contributed by atoms with Crippen LogP contribution in [0.1, 0.15) is 57.8 Å². The summed E-state index contributed by atoms with van der Waals surface area (Å²) in [6.45, 7) is 13.6. The first kappa shape index (κ1) is 22.8. The van der Waals surface area contributed by atoms with Crippen LogP contribution in [0.15, 0.2) is 29.2 Å². The van der Waals surface area contributed by atoms with Gasteiger partial charge >= 0.3 is 0 Å². The lowest BCUT2D eigenvalue weighted by Crippen LogP contribution is -2.54. The fraction of sp³-hybridized carbons (Fsp3) is 0.667. The molecule has 7 heteroatoms. The molecule has 1 amide bonds. The highest BCUT2D eigenvalue weighted by atomic mass is 32.2. The van der Waals surface area contributed by atoms with Crippen LogP contribution < -0.4 is 5.32 Å². The van der Waals surface area contributed by atoms with Gasteiger partial charge in [-0.25, -0.2) is 8.42 Å². The summed E-state index contributed by atoms with van der Waals surface area (Å²) in [4.78, 5) is 15.3. The number of amides is 1. The minimum atomic E-state index is -3.58. The van der Waals surface area contributed by atoms with Crippen molar-refractivity contribution >= 4 is 15.9 Å². The second-order valence-electron chi connectivity index (χ2n) is 8.31. The predicted molar refractivity (Wildman–Crippen MR) is 113 cm³/mol. The molecule has 1 aromatic carbocycles. The van der Waals surface area contributed by atoms with Crippen molar-refractivity contribution in [1.82, 2.24) is 14.5 Å². The summed E-state index contributed by atoms with van der Waals surface area (Å²) in [7, 11) is -3.58. The lowest BCUT2D eigenvalue weighted by molar-refractivity contribution is 0.0657. The largest absolute Gasteiger partial charge is 0.350 e. The van der Waals surface area contributed by atoms with Crippen LogP contribution in [0.5, 0.6) is 0 Å². The summed E-state index contributed by atoms with van der Waals surface area (Å²) in [5, 5.41) is 3.00. The van der Waals surface area contributed by atoms with Crippen LogP contribution in [0, 0.1) is 5.92 Å². The molecule has 0 aromatic heterocycles. The third-order valence-corrected chi connectivity index (χ3v) is 7.68. The fourth-order valence-electron chi connectivity index (χ4n) is 3.76. The number of hydrogen-bond donors (Lipinski definition) is 1. The van der Waals surface area contributed by atoms with Crippen molar-refractivity contribution in [3.05, 3.63) is 29.8 Å². The van der Waals surface area contributed by atoms with Gasteiger partial charge in [-0.1, -0.05) is 26.8 Å². The smallest absolute Gasteiger partial charge is 0.251 e. The Morgan fingerprint density at radius 1 is 1.29 bits per heavy atom. The predicted octanol–water partition coefficient (Wildman–Crippen LogP) is 2.96. The molecule has 0 radical (unpaired) electrons. The molecular formula is C21H35N3O3S. The van der Waals surface area contributed by atoms with Gasteiger partial charge in [0.15, 0.2) is 0 Å². The van der Waals surface area contributed by atoms with Gasteiger partial charge in [0.1, 0.15) is 0 Å². The van der Waals surface area contributed by atoms with Gasteiger partial charge in [-0.3, -0.25) is 9.69 Å². The van der Waals surface area contributed by atoms with Gasteiger partial charge in [-0.2, -0.15) is 4.31 Å². The molecule has 1 aromatic rings. The fourth-order valence-corrected chi connectivity index (χ4v) is 5.26. The molecule has 1 N–H and O–H groups in total. The summed E-state index contributed by atoms with van der Waals surface area (Å²) in [5.74, 6) is 0.431. The zero-order valence-corrected chi connectivity index (χ0v) is 18.7. The van der Waals surface area contributed by atoms with E-state index in [1.54, 1.807) is 32.0 Å². The van der Waals surface area contributed by atoms with Crippen molar-refractivity contribution in [2.45, 2.75) is 57.9 Å². The third kappa shape index (κ3) is 5.33. The van der Waals surface area contributed by atoms with Gasteiger partial charge in [0.25, 0.3) is 5.91 Å². The minimum absolute atomic E-state index is 0.144. The molecule has 0 bridgehead atoms. The maximum absolute atomic E-state index is 12.7. The molecule has 6 nitrogen and oxygen atoms in total. The number of piperidine rings is 1. The van der Waals surface area contributed by atoms with Crippen LogP contribution >= 0.6 is 0 Å². The Bertz CT molecular complexity index is 773. The molecule has 1 atom stereocenters. The van der Waals surface area contributed by atoms with Crippen molar-refractivity contribution in [2.75, 3.05) is 32.7 Å². The van der Waals surface area contributed by atoms with E-state index in [2.05, 4.69) is 31.0 Å². The van der Waals surface area contributed by atoms with E-state index in [4.69, 9.17) is 0 Å². The Kier molecular flexibility index (Phi) is 7.65. The van der Waals surface area contributed by atoms with E-state index in [9.17, 15) is 13.2 Å². The molecule has 0 spiro atoms. The molecule has 0 saturated carbocycles. The average molecular weight is 410 g/mol. The van der Waals surface area contributed by atoms with Gasteiger partial charge in [0, 0.05) is 37.3 Å². The highest BCUT2D eigenvalue weighted by Crippen LogP contribution is 2.23. The Morgan fingerprint density at radius 2 is 1.96 bits per heavy atom. The zero-order chi connectivity index (χ0) is 20.9. The molecule has 1 saturated heterocycles. The number of nitrogens with zero attached hydrogens (tertiary/aromatic N) is 2. The van der Waals surface area contributed by atoms with E-state index >= 15 is 0 Å². The molecule has 1 unspecified atom stereocenters. The van der Waals surface area contributed by atoms with Crippen molar-refractivity contribution in [3.63, 3.8) is 0 Å². The van der Waals surface area contributed by atoms with Gasteiger partial charge in [-0.05, 0) is 57.4 Å². The zero-order valence-electron chi connectivity index (χ0n) is 17.9. The van der Waals surface area contributed by atoms with Crippen LogP contribution in [0.2, 0.25) is 0 Å². The van der Waals surface area contributed by atoms with Crippen molar-refractivity contribution < 1.29 is 13.2 Å². The maximum Gasteiger partial charge on any atom is 0.251 e. The highest BCUT2D eigenvalue weighted by Gasteiger charge is 2.30. The minimum Gasteiger partial charge on any atom is -0.350 e. The Hall–Kier alpha value is -1.44. The molecule has 28 heavy (non-hydrogen) atoms. The quantitative estimate of drug-likeness (QED) is 0.717. The van der Waals surface area contributed by atoms with Gasteiger partial charge in [0.05, 0.1) is 4.90 Å². The van der Waals surface area contributed by atoms with Crippen molar-refractivity contribution in [2.24, 2.45) is 5.92 Å². The Balaban J connectivity index is 2.09. The second-order valence-corrected chi connectivity index (χ2v) is 10.2. The first-order valence-corrected chi connectivity index (χ1v) is 11.7. The molecular weight excluding hydrogens is 374 g/mol. The number of sulfonamides is 1. The van der Waals surface area contributed by atoms with E-state index in [-0.39, 0.29) is 16.3 Å². The number of benzene rings is 1. The lowest BCUT2D eigenvalue weighted by Gasteiger charge is -2.43. The van der Waals surface area contributed by atoms with Gasteiger partial charge in [-0.15, -0.1) is 0 Å². The maximum atomic E-state index is 12.7. The summed E-state index contributed by atoms with van der Waals surface area (Å²) in [5.41, 5.74) is 0.228. The first-order chi connectivity index (χ1) is 13.1. The summed E-state index contributed by atoms with van der Waals surface area (Å²) in [6, 6.07) is 6.30. The monoisotopic (exact) mass is 409 g/mol. The van der Waals surface area contributed by atoms with E-state index in [0.29, 0.717) is 31.1 Å². The Labute approximate surface area is 170 Å². The van der Waals surface area contributed by atoms with E-state index in [1.165, 1.54) is 23.2 Å². The number of likely N-dealkylation sites (tertiary alicyclic amines) is 1.